The van der Waals surface area contributed by atoms with E-state index < -0.39 is 0 Å². The molecular formula is C10H10FNO. The third-order valence-electron chi connectivity index (χ3n) is 1.62. The van der Waals surface area contributed by atoms with E-state index in [9.17, 15) is 9.18 Å². The molecule has 0 aliphatic rings. The zero-order valence-corrected chi connectivity index (χ0v) is 7.30. The molecule has 0 fully saturated rings. The molecule has 0 spiro atoms. The van der Waals surface area contributed by atoms with Gasteiger partial charge in [-0.05, 0) is 30.7 Å². The zero-order chi connectivity index (χ0) is 9.84. The molecule has 1 amide bonds. The van der Waals surface area contributed by atoms with E-state index in [1.54, 1.807) is 19.1 Å². The van der Waals surface area contributed by atoms with Gasteiger partial charge in [0.05, 0.1) is 0 Å². The summed E-state index contributed by atoms with van der Waals surface area (Å²) in [5, 5.41) is 2.46. The number of hydrogen-bond acceptors (Lipinski definition) is 1. The maximum atomic E-state index is 13.0. The summed E-state index contributed by atoms with van der Waals surface area (Å²) in [4.78, 5) is 10.8. The molecule has 0 aromatic heterocycles. The quantitative estimate of drug-likeness (QED) is 0.693. The number of nitrogens with one attached hydrogen (secondary N) is 1. The van der Waals surface area contributed by atoms with Gasteiger partial charge in [0, 0.05) is 5.69 Å². The normalized spacial score (nSPS) is 9.38. The lowest BCUT2D eigenvalue weighted by molar-refractivity contribution is -0.111. The molecule has 0 aliphatic carbocycles. The Morgan fingerprint density at radius 1 is 1.62 bits per heavy atom. The first-order valence-electron chi connectivity index (χ1n) is 3.83. The van der Waals surface area contributed by atoms with Crippen molar-refractivity contribution in [2.75, 3.05) is 5.32 Å². The molecule has 1 aromatic rings. The fourth-order valence-electron chi connectivity index (χ4n) is 0.864. The smallest absolute Gasteiger partial charge is 0.247 e. The Labute approximate surface area is 76.1 Å². The fourth-order valence-corrected chi connectivity index (χ4v) is 0.864. The van der Waals surface area contributed by atoms with Crippen molar-refractivity contribution >= 4 is 11.6 Å². The Bertz CT molecular complexity index is 347. The van der Waals surface area contributed by atoms with Crippen molar-refractivity contribution in [3.8, 4) is 0 Å². The minimum atomic E-state index is -0.344. The fraction of sp³-hybridized carbons (Fsp3) is 0.100. The van der Waals surface area contributed by atoms with Crippen LogP contribution in [0.25, 0.3) is 0 Å². The molecule has 0 bridgehead atoms. The molecule has 0 unspecified atom stereocenters. The Hall–Kier alpha value is -1.64. The number of benzene rings is 1. The van der Waals surface area contributed by atoms with Gasteiger partial charge in [-0.25, -0.2) is 4.39 Å². The highest BCUT2D eigenvalue weighted by Crippen LogP contribution is 2.13. The minimum absolute atomic E-state index is 0.332. The molecule has 0 aliphatic heterocycles. The Morgan fingerprint density at radius 2 is 2.31 bits per heavy atom. The van der Waals surface area contributed by atoms with Gasteiger partial charge in [0.25, 0.3) is 0 Å². The molecule has 0 radical (unpaired) electrons. The van der Waals surface area contributed by atoms with Crippen LogP contribution in [0.3, 0.4) is 0 Å². The Balaban J connectivity index is 2.85. The van der Waals surface area contributed by atoms with Crippen LogP contribution in [-0.2, 0) is 4.79 Å². The van der Waals surface area contributed by atoms with Gasteiger partial charge in [-0.3, -0.25) is 4.79 Å². The third kappa shape index (κ3) is 2.40. The van der Waals surface area contributed by atoms with Crippen LogP contribution in [0.1, 0.15) is 5.56 Å². The summed E-state index contributed by atoms with van der Waals surface area (Å²) in [5.41, 5.74) is 0.990. The number of halogens is 1. The molecule has 0 atom stereocenters. The molecule has 0 heterocycles. The summed E-state index contributed by atoms with van der Waals surface area (Å²) in [7, 11) is 0. The highest BCUT2D eigenvalue weighted by atomic mass is 19.1. The first kappa shape index (κ1) is 9.45. The second-order valence-corrected chi connectivity index (χ2v) is 2.66. The lowest BCUT2D eigenvalue weighted by atomic mass is 10.2. The topological polar surface area (TPSA) is 29.1 Å². The Morgan fingerprint density at radius 3 is 2.85 bits per heavy atom. The van der Waals surface area contributed by atoms with Gasteiger partial charge in [0.1, 0.15) is 5.82 Å². The number of carbonyl (C=O) groups is 1. The van der Waals surface area contributed by atoms with E-state index in [2.05, 4.69) is 11.9 Å². The first-order chi connectivity index (χ1) is 6.13. The molecular weight excluding hydrogens is 169 g/mol. The van der Waals surface area contributed by atoms with Gasteiger partial charge >= 0.3 is 0 Å². The lowest BCUT2D eigenvalue weighted by Crippen LogP contribution is -2.07. The molecule has 3 heteroatoms. The van der Waals surface area contributed by atoms with Gasteiger partial charge < -0.3 is 5.32 Å². The summed E-state index contributed by atoms with van der Waals surface area (Å²) in [6.45, 7) is 4.95. The number of aryl methyl sites for hydroxylation is 1. The van der Waals surface area contributed by atoms with Gasteiger partial charge in [-0.1, -0.05) is 12.6 Å². The van der Waals surface area contributed by atoms with Crippen molar-refractivity contribution < 1.29 is 9.18 Å². The molecule has 13 heavy (non-hydrogen) atoms. The maximum absolute atomic E-state index is 13.0. The molecule has 1 N–H and O–H groups in total. The van der Waals surface area contributed by atoms with Gasteiger partial charge in [0.2, 0.25) is 5.91 Å². The SMILES string of the molecule is C=CC(=O)Nc1ccc(C)c(F)c1. The van der Waals surface area contributed by atoms with Crippen molar-refractivity contribution in [1.29, 1.82) is 0 Å². The van der Waals surface area contributed by atoms with Crippen LogP contribution in [0.2, 0.25) is 0 Å². The van der Waals surface area contributed by atoms with Crippen LogP contribution in [-0.4, -0.2) is 5.91 Å². The maximum Gasteiger partial charge on any atom is 0.247 e. The van der Waals surface area contributed by atoms with Crippen LogP contribution >= 0.6 is 0 Å². The summed E-state index contributed by atoms with van der Waals surface area (Å²) < 4.78 is 13.0. The largest absolute Gasteiger partial charge is 0.322 e. The number of anilines is 1. The van der Waals surface area contributed by atoms with Crippen molar-refractivity contribution in [2.24, 2.45) is 0 Å². The average Bonchev–Trinajstić information content (AvgIpc) is 2.11. The molecule has 0 saturated carbocycles. The summed E-state index contributed by atoms with van der Waals surface area (Å²) in [6, 6.07) is 4.52. The highest BCUT2D eigenvalue weighted by Gasteiger charge is 2.00. The highest BCUT2D eigenvalue weighted by molar-refractivity contribution is 5.98. The number of carbonyl (C=O) groups excluding carboxylic acids is 1. The van der Waals surface area contributed by atoms with E-state index in [-0.39, 0.29) is 11.7 Å². The molecule has 0 saturated heterocycles. The Kier molecular flexibility index (Phi) is 2.80. The van der Waals surface area contributed by atoms with E-state index in [1.165, 1.54) is 6.07 Å². The predicted octanol–water partition coefficient (Wildman–Crippen LogP) is 2.26. The zero-order valence-electron chi connectivity index (χ0n) is 7.30. The predicted molar refractivity (Wildman–Crippen MR) is 50.0 cm³/mol. The van der Waals surface area contributed by atoms with E-state index in [0.29, 0.717) is 11.3 Å². The second kappa shape index (κ2) is 3.85. The van der Waals surface area contributed by atoms with E-state index in [4.69, 9.17) is 0 Å². The van der Waals surface area contributed by atoms with Crippen LogP contribution in [0.5, 0.6) is 0 Å². The van der Waals surface area contributed by atoms with Gasteiger partial charge in [0.15, 0.2) is 0 Å². The summed E-state index contributed by atoms with van der Waals surface area (Å²) in [6.07, 6.45) is 1.14. The first-order valence-corrected chi connectivity index (χ1v) is 3.83. The van der Waals surface area contributed by atoms with E-state index >= 15 is 0 Å². The molecule has 1 aromatic carbocycles. The summed E-state index contributed by atoms with van der Waals surface area (Å²) in [5.74, 6) is -0.676. The third-order valence-corrected chi connectivity index (χ3v) is 1.62. The van der Waals surface area contributed by atoms with Crippen molar-refractivity contribution in [3.05, 3.63) is 42.2 Å². The van der Waals surface area contributed by atoms with Crippen molar-refractivity contribution in [3.63, 3.8) is 0 Å². The minimum Gasteiger partial charge on any atom is -0.322 e. The number of amides is 1. The average molecular weight is 179 g/mol. The van der Waals surface area contributed by atoms with E-state index in [0.717, 1.165) is 6.08 Å². The van der Waals surface area contributed by atoms with Crippen molar-refractivity contribution in [2.45, 2.75) is 6.92 Å². The molecule has 2 nitrogen and oxygen atoms in total. The van der Waals surface area contributed by atoms with Crippen LogP contribution in [0, 0.1) is 12.7 Å². The standard InChI is InChI=1S/C10H10FNO/c1-3-10(13)12-8-5-4-7(2)9(11)6-8/h3-6H,1H2,2H3,(H,12,13). The summed E-state index contributed by atoms with van der Waals surface area (Å²) >= 11 is 0. The molecule has 1 rings (SSSR count). The van der Waals surface area contributed by atoms with Gasteiger partial charge in [-0.2, -0.15) is 0 Å². The number of hydrogen-bond donors (Lipinski definition) is 1. The van der Waals surface area contributed by atoms with Crippen LogP contribution < -0.4 is 5.32 Å². The second-order valence-electron chi connectivity index (χ2n) is 2.66. The number of rotatable bonds is 2. The van der Waals surface area contributed by atoms with Crippen LogP contribution in [0.15, 0.2) is 30.9 Å². The van der Waals surface area contributed by atoms with Crippen LogP contribution in [0.4, 0.5) is 10.1 Å². The lowest BCUT2D eigenvalue weighted by Gasteiger charge is -2.02. The molecule has 68 valence electrons. The van der Waals surface area contributed by atoms with Crippen molar-refractivity contribution in [1.82, 2.24) is 0 Å². The van der Waals surface area contributed by atoms with Gasteiger partial charge in [-0.15, -0.1) is 0 Å². The monoisotopic (exact) mass is 179 g/mol. The van der Waals surface area contributed by atoms with E-state index in [1.807, 2.05) is 0 Å².